The minimum absolute atomic E-state index is 0.0406. The van der Waals surface area contributed by atoms with Crippen LogP contribution < -0.4 is 10.5 Å². The van der Waals surface area contributed by atoms with Crippen molar-refractivity contribution in [1.82, 2.24) is 0 Å². The standard InChI is InChI=1S/C16H18BrNO/c1-11-3-5-13(6-4-11)10-19-16-9-14(17)7-8-15(16)12(2)18/h3-9,12H,10,18H2,1-2H3/t12-/m1/s1. The van der Waals surface area contributed by atoms with Crippen molar-refractivity contribution in [2.75, 3.05) is 0 Å². The average molecular weight is 320 g/mol. The first-order valence-electron chi connectivity index (χ1n) is 6.29. The van der Waals surface area contributed by atoms with Gasteiger partial charge >= 0.3 is 0 Å². The van der Waals surface area contributed by atoms with E-state index in [4.69, 9.17) is 10.5 Å². The Morgan fingerprint density at radius 2 is 1.84 bits per heavy atom. The van der Waals surface area contributed by atoms with Crippen molar-refractivity contribution in [3.05, 3.63) is 63.6 Å². The molecule has 2 aromatic rings. The Kier molecular flexibility index (Phi) is 4.61. The lowest BCUT2D eigenvalue weighted by atomic mass is 10.1. The van der Waals surface area contributed by atoms with Gasteiger partial charge in [-0.1, -0.05) is 51.8 Å². The smallest absolute Gasteiger partial charge is 0.125 e. The van der Waals surface area contributed by atoms with Gasteiger partial charge in [-0.2, -0.15) is 0 Å². The van der Waals surface area contributed by atoms with Crippen molar-refractivity contribution in [2.24, 2.45) is 5.73 Å². The maximum Gasteiger partial charge on any atom is 0.125 e. The van der Waals surface area contributed by atoms with Crippen LogP contribution in [-0.2, 0) is 6.61 Å². The summed E-state index contributed by atoms with van der Waals surface area (Å²) in [6, 6.07) is 14.3. The molecule has 0 saturated carbocycles. The molecule has 0 heterocycles. The summed E-state index contributed by atoms with van der Waals surface area (Å²) in [6.45, 7) is 4.59. The highest BCUT2D eigenvalue weighted by atomic mass is 79.9. The summed E-state index contributed by atoms with van der Waals surface area (Å²) < 4.78 is 6.89. The molecule has 2 N–H and O–H groups in total. The van der Waals surface area contributed by atoms with Crippen LogP contribution in [0.2, 0.25) is 0 Å². The molecular formula is C16H18BrNO. The van der Waals surface area contributed by atoms with Crippen LogP contribution in [0.15, 0.2) is 46.9 Å². The number of hydrogen-bond acceptors (Lipinski definition) is 2. The van der Waals surface area contributed by atoms with Gasteiger partial charge in [-0.3, -0.25) is 0 Å². The summed E-state index contributed by atoms with van der Waals surface area (Å²) in [7, 11) is 0. The molecule has 0 fully saturated rings. The number of benzene rings is 2. The van der Waals surface area contributed by atoms with Crippen LogP contribution in [0.5, 0.6) is 5.75 Å². The Morgan fingerprint density at radius 3 is 2.47 bits per heavy atom. The van der Waals surface area contributed by atoms with E-state index in [1.165, 1.54) is 5.56 Å². The normalized spacial score (nSPS) is 12.2. The number of nitrogens with two attached hydrogens (primary N) is 1. The van der Waals surface area contributed by atoms with Gasteiger partial charge in [-0.25, -0.2) is 0 Å². The summed E-state index contributed by atoms with van der Waals surface area (Å²) in [4.78, 5) is 0. The number of hydrogen-bond donors (Lipinski definition) is 1. The number of halogens is 1. The van der Waals surface area contributed by atoms with E-state index < -0.39 is 0 Å². The number of rotatable bonds is 4. The fourth-order valence-corrected chi connectivity index (χ4v) is 2.19. The van der Waals surface area contributed by atoms with E-state index in [1.807, 2.05) is 25.1 Å². The minimum atomic E-state index is -0.0406. The van der Waals surface area contributed by atoms with Gasteiger partial charge in [-0.05, 0) is 31.5 Å². The van der Waals surface area contributed by atoms with Crippen LogP contribution in [-0.4, -0.2) is 0 Å². The van der Waals surface area contributed by atoms with Crippen molar-refractivity contribution in [2.45, 2.75) is 26.5 Å². The number of aryl methyl sites for hydroxylation is 1. The average Bonchev–Trinajstić information content (AvgIpc) is 2.38. The van der Waals surface area contributed by atoms with Gasteiger partial charge in [0.05, 0.1) is 0 Å². The molecule has 0 aliphatic carbocycles. The molecule has 100 valence electrons. The summed E-state index contributed by atoms with van der Waals surface area (Å²) in [6.07, 6.45) is 0. The van der Waals surface area contributed by atoms with E-state index in [-0.39, 0.29) is 6.04 Å². The molecule has 3 heteroatoms. The second kappa shape index (κ2) is 6.22. The largest absolute Gasteiger partial charge is 0.489 e. The minimum Gasteiger partial charge on any atom is -0.489 e. The van der Waals surface area contributed by atoms with E-state index in [2.05, 4.69) is 47.1 Å². The maximum atomic E-state index is 5.96. The van der Waals surface area contributed by atoms with E-state index in [9.17, 15) is 0 Å². The van der Waals surface area contributed by atoms with Crippen LogP contribution in [0, 0.1) is 6.92 Å². The summed E-state index contributed by atoms with van der Waals surface area (Å²) in [5.74, 6) is 0.838. The van der Waals surface area contributed by atoms with Gasteiger partial charge in [0, 0.05) is 16.1 Å². The summed E-state index contributed by atoms with van der Waals surface area (Å²) >= 11 is 3.46. The third-order valence-corrected chi connectivity index (χ3v) is 3.47. The zero-order valence-corrected chi connectivity index (χ0v) is 12.8. The quantitative estimate of drug-likeness (QED) is 0.908. The zero-order chi connectivity index (χ0) is 13.8. The Bertz CT molecular complexity index is 549. The SMILES string of the molecule is Cc1ccc(COc2cc(Br)ccc2[C@@H](C)N)cc1. The lowest BCUT2D eigenvalue weighted by Crippen LogP contribution is -2.08. The van der Waals surface area contributed by atoms with Gasteiger partial charge in [-0.15, -0.1) is 0 Å². The topological polar surface area (TPSA) is 35.2 Å². The molecule has 1 atom stereocenters. The van der Waals surface area contributed by atoms with Crippen LogP contribution in [0.1, 0.15) is 29.7 Å². The van der Waals surface area contributed by atoms with Crippen LogP contribution in [0.25, 0.3) is 0 Å². The molecule has 0 unspecified atom stereocenters. The van der Waals surface area contributed by atoms with Gasteiger partial charge in [0.25, 0.3) is 0 Å². The first kappa shape index (κ1) is 14.1. The first-order valence-corrected chi connectivity index (χ1v) is 7.09. The van der Waals surface area contributed by atoms with Crippen LogP contribution >= 0.6 is 15.9 Å². The second-order valence-electron chi connectivity index (χ2n) is 4.75. The molecule has 0 aromatic heterocycles. The van der Waals surface area contributed by atoms with Crippen molar-refractivity contribution in [1.29, 1.82) is 0 Å². The van der Waals surface area contributed by atoms with Crippen molar-refractivity contribution in [3.63, 3.8) is 0 Å². The molecule has 2 rings (SSSR count). The Labute approximate surface area is 122 Å². The van der Waals surface area contributed by atoms with E-state index >= 15 is 0 Å². The summed E-state index contributed by atoms with van der Waals surface area (Å²) in [5, 5.41) is 0. The van der Waals surface area contributed by atoms with E-state index in [0.717, 1.165) is 21.3 Å². The highest BCUT2D eigenvalue weighted by Gasteiger charge is 2.08. The molecular weight excluding hydrogens is 302 g/mol. The first-order chi connectivity index (χ1) is 9.06. The number of ether oxygens (including phenoxy) is 1. The molecule has 0 aliphatic heterocycles. The van der Waals surface area contributed by atoms with Crippen LogP contribution in [0.3, 0.4) is 0 Å². The van der Waals surface area contributed by atoms with E-state index in [1.54, 1.807) is 0 Å². The molecule has 0 amide bonds. The van der Waals surface area contributed by atoms with Gasteiger partial charge in [0.1, 0.15) is 12.4 Å². The van der Waals surface area contributed by atoms with Crippen molar-refractivity contribution < 1.29 is 4.74 Å². The van der Waals surface area contributed by atoms with Gasteiger partial charge in [0.15, 0.2) is 0 Å². The lowest BCUT2D eigenvalue weighted by Gasteiger charge is -2.14. The fraction of sp³-hybridized carbons (Fsp3) is 0.250. The van der Waals surface area contributed by atoms with E-state index in [0.29, 0.717) is 6.61 Å². The molecule has 0 aliphatic rings. The monoisotopic (exact) mass is 319 g/mol. The third-order valence-electron chi connectivity index (χ3n) is 2.98. The highest BCUT2D eigenvalue weighted by Crippen LogP contribution is 2.28. The van der Waals surface area contributed by atoms with Gasteiger partial charge < -0.3 is 10.5 Å². The molecule has 2 nitrogen and oxygen atoms in total. The van der Waals surface area contributed by atoms with Crippen molar-refractivity contribution >= 4 is 15.9 Å². The molecule has 0 bridgehead atoms. The molecule has 0 radical (unpaired) electrons. The highest BCUT2D eigenvalue weighted by molar-refractivity contribution is 9.10. The molecule has 0 saturated heterocycles. The maximum absolute atomic E-state index is 5.96. The molecule has 0 spiro atoms. The van der Waals surface area contributed by atoms with Gasteiger partial charge in [0.2, 0.25) is 0 Å². The Morgan fingerprint density at radius 1 is 1.16 bits per heavy atom. The second-order valence-corrected chi connectivity index (χ2v) is 5.66. The third kappa shape index (κ3) is 3.82. The fourth-order valence-electron chi connectivity index (χ4n) is 1.85. The lowest BCUT2D eigenvalue weighted by molar-refractivity contribution is 0.301. The molecule has 19 heavy (non-hydrogen) atoms. The summed E-state index contributed by atoms with van der Waals surface area (Å²) in [5.41, 5.74) is 9.39. The predicted molar refractivity (Wildman–Crippen MR) is 82.3 cm³/mol. The Hall–Kier alpha value is -1.32. The molecule has 2 aromatic carbocycles. The predicted octanol–water partition coefficient (Wildman–Crippen LogP) is 4.36. The van der Waals surface area contributed by atoms with Crippen molar-refractivity contribution in [3.8, 4) is 5.75 Å². The van der Waals surface area contributed by atoms with Crippen LogP contribution in [0.4, 0.5) is 0 Å². The Balaban J connectivity index is 2.14. The zero-order valence-electron chi connectivity index (χ0n) is 11.2.